The molecule has 0 rings (SSSR count). The number of hydrogen-bond donors (Lipinski definition) is 2. The largest absolute Gasteiger partial charge is 0.396 e. The number of aliphatic hydroxyl groups is 1. The fourth-order valence-electron chi connectivity index (χ4n) is 1.88. The molecular weight excluding hydrogens is 274 g/mol. The van der Waals surface area contributed by atoms with Crippen LogP contribution in [0.5, 0.6) is 0 Å². The first-order valence-corrected chi connectivity index (χ1v) is 8.55. The predicted molar refractivity (Wildman–Crippen MR) is 85.9 cm³/mol. The second kappa shape index (κ2) is 11.4. The van der Waals surface area contributed by atoms with Crippen molar-refractivity contribution >= 4 is 17.7 Å². The van der Waals surface area contributed by atoms with Gasteiger partial charge in [0.1, 0.15) is 4.93 Å². The third-order valence-electron chi connectivity index (χ3n) is 2.67. The average molecular weight is 305 g/mol. The van der Waals surface area contributed by atoms with Crippen molar-refractivity contribution in [3.63, 3.8) is 0 Å². The molecule has 0 aliphatic rings. The second-order valence-electron chi connectivity index (χ2n) is 5.65. The maximum Gasteiger partial charge on any atom is 0.219 e. The van der Waals surface area contributed by atoms with Gasteiger partial charge in [-0.05, 0) is 52.7 Å². The Morgan fingerprint density at radius 1 is 1.25 bits per heavy atom. The van der Waals surface area contributed by atoms with Crippen molar-refractivity contribution in [2.75, 3.05) is 18.9 Å². The molecule has 20 heavy (non-hydrogen) atoms. The summed E-state index contributed by atoms with van der Waals surface area (Å²) < 4.78 is 5.80. The maximum atomic E-state index is 11.5. The number of amides is 1. The molecule has 0 unspecified atom stereocenters. The van der Waals surface area contributed by atoms with Crippen molar-refractivity contribution in [2.24, 2.45) is 0 Å². The molecule has 0 saturated carbocycles. The first kappa shape index (κ1) is 19.7. The van der Waals surface area contributed by atoms with Crippen molar-refractivity contribution in [1.82, 2.24) is 5.32 Å². The molecule has 0 aromatic carbocycles. The van der Waals surface area contributed by atoms with E-state index in [9.17, 15) is 4.79 Å². The molecule has 0 aliphatic carbocycles. The smallest absolute Gasteiger partial charge is 0.219 e. The zero-order chi connectivity index (χ0) is 15.4. The number of nitrogens with one attached hydrogen (secondary N) is 1. The van der Waals surface area contributed by atoms with Gasteiger partial charge >= 0.3 is 0 Å². The van der Waals surface area contributed by atoms with Gasteiger partial charge in [0.2, 0.25) is 5.91 Å². The number of thioether (sulfide) groups is 1. The van der Waals surface area contributed by atoms with Gasteiger partial charge in [-0.15, -0.1) is 11.8 Å². The van der Waals surface area contributed by atoms with Gasteiger partial charge in [0.05, 0.1) is 6.10 Å². The topological polar surface area (TPSA) is 58.6 Å². The molecule has 0 aliphatic heterocycles. The summed E-state index contributed by atoms with van der Waals surface area (Å²) >= 11 is 1.78. The number of unbranched alkanes of at least 4 members (excludes halogenated alkanes) is 2. The summed E-state index contributed by atoms with van der Waals surface area (Å²) in [7, 11) is 0. The van der Waals surface area contributed by atoms with Crippen LogP contribution >= 0.6 is 11.8 Å². The first-order chi connectivity index (χ1) is 9.37. The highest BCUT2D eigenvalue weighted by atomic mass is 32.2. The minimum Gasteiger partial charge on any atom is -0.396 e. The van der Waals surface area contributed by atoms with Crippen LogP contribution < -0.4 is 5.32 Å². The number of rotatable bonds is 12. The fourth-order valence-corrected chi connectivity index (χ4v) is 2.92. The second-order valence-corrected chi connectivity index (χ2v) is 7.33. The predicted octanol–water partition coefficient (Wildman–Crippen LogP) is 2.94. The highest BCUT2D eigenvalue weighted by Crippen LogP contribution is 2.27. The molecule has 0 radical (unpaired) electrons. The Bertz CT molecular complexity index is 258. The molecule has 0 heterocycles. The number of ether oxygens (including phenoxy) is 1. The van der Waals surface area contributed by atoms with Gasteiger partial charge in [0, 0.05) is 19.6 Å². The standard InChI is InChI=1S/C15H31NO3S/c1-13(2)19-15(3,4)20-12-8-10-16-14(18)9-6-5-7-11-17/h13,17H,5-12H2,1-4H3,(H,16,18). The Kier molecular flexibility index (Phi) is 11.3. The number of carbonyl (C=O) groups is 1. The Balaban J connectivity index is 3.49. The van der Waals surface area contributed by atoms with Crippen LogP contribution in [0.2, 0.25) is 0 Å². The molecule has 4 nitrogen and oxygen atoms in total. The van der Waals surface area contributed by atoms with Crippen LogP contribution in [0, 0.1) is 0 Å². The summed E-state index contributed by atoms with van der Waals surface area (Å²) in [5, 5.41) is 11.6. The normalized spacial score (nSPS) is 11.9. The van der Waals surface area contributed by atoms with E-state index >= 15 is 0 Å². The van der Waals surface area contributed by atoms with Gasteiger partial charge in [-0.3, -0.25) is 4.79 Å². The van der Waals surface area contributed by atoms with Gasteiger partial charge in [0.25, 0.3) is 0 Å². The third kappa shape index (κ3) is 12.8. The number of hydrogen-bond acceptors (Lipinski definition) is 4. The minimum absolute atomic E-state index is 0.116. The molecule has 0 saturated heterocycles. The van der Waals surface area contributed by atoms with E-state index in [-0.39, 0.29) is 23.6 Å². The Morgan fingerprint density at radius 2 is 1.95 bits per heavy atom. The zero-order valence-electron chi connectivity index (χ0n) is 13.4. The summed E-state index contributed by atoms with van der Waals surface area (Å²) in [6.45, 7) is 9.18. The number of carbonyl (C=O) groups excluding carboxylic acids is 1. The first-order valence-electron chi connectivity index (χ1n) is 7.56. The molecule has 2 N–H and O–H groups in total. The van der Waals surface area contributed by atoms with E-state index in [0.29, 0.717) is 6.42 Å². The Morgan fingerprint density at radius 3 is 2.55 bits per heavy atom. The highest BCUT2D eigenvalue weighted by Gasteiger charge is 2.19. The average Bonchev–Trinajstić information content (AvgIpc) is 2.32. The lowest BCUT2D eigenvalue weighted by molar-refractivity contribution is -0.121. The van der Waals surface area contributed by atoms with Gasteiger partial charge in [-0.1, -0.05) is 6.42 Å². The van der Waals surface area contributed by atoms with E-state index < -0.39 is 0 Å². The van der Waals surface area contributed by atoms with Gasteiger partial charge in [-0.25, -0.2) is 0 Å². The van der Waals surface area contributed by atoms with E-state index in [0.717, 1.165) is 38.0 Å². The van der Waals surface area contributed by atoms with Gasteiger partial charge in [0.15, 0.2) is 0 Å². The van der Waals surface area contributed by atoms with Crippen molar-refractivity contribution in [1.29, 1.82) is 0 Å². The molecule has 0 aromatic heterocycles. The van der Waals surface area contributed by atoms with Crippen molar-refractivity contribution in [3.05, 3.63) is 0 Å². The Labute approximate surface area is 128 Å². The summed E-state index contributed by atoms with van der Waals surface area (Å²) in [4.78, 5) is 11.3. The van der Waals surface area contributed by atoms with Crippen molar-refractivity contribution in [3.8, 4) is 0 Å². The molecule has 0 aromatic rings. The lowest BCUT2D eigenvalue weighted by atomic mass is 10.2. The molecule has 120 valence electrons. The van der Waals surface area contributed by atoms with Crippen LogP contribution in [0.4, 0.5) is 0 Å². The van der Waals surface area contributed by atoms with Crippen LogP contribution in [0.3, 0.4) is 0 Å². The van der Waals surface area contributed by atoms with Gasteiger partial charge < -0.3 is 15.2 Å². The SMILES string of the molecule is CC(C)OC(C)(C)SCCCNC(=O)CCCCCO. The Hall–Kier alpha value is -0.260. The van der Waals surface area contributed by atoms with Gasteiger partial charge in [-0.2, -0.15) is 0 Å². The van der Waals surface area contributed by atoms with Crippen molar-refractivity contribution < 1.29 is 14.6 Å². The molecular formula is C15H31NO3S. The fraction of sp³-hybridized carbons (Fsp3) is 0.933. The van der Waals surface area contributed by atoms with Crippen LogP contribution in [0.25, 0.3) is 0 Å². The summed E-state index contributed by atoms with van der Waals surface area (Å²) in [6, 6.07) is 0. The quantitative estimate of drug-likeness (QED) is 0.430. The molecule has 0 bridgehead atoms. The highest BCUT2D eigenvalue weighted by molar-refractivity contribution is 8.00. The van der Waals surface area contributed by atoms with Crippen LogP contribution in [0.1, 0.15) is 59.8 Å². The third-order valence-corrected chi connectivity index (χ3v) is 3.96. The molecule has 0 spiro atoms. The van der Waals surface area contributed by atoms with E-state index in [2.05, 4.69) is 19.2 Å². The van der Waals surface area contributed by atoms with E-state index in [1.54, 1.807) is 11.8 Å². The monoisotopic (exact) mass is 305 g/mol. The molecule has 0 fully saturated rings. The van der Waals surface area contributed by atoms with Crippen LogP contribution in [0.15, 0.2) is 0 Å². The van der Waals surface area contributed by atoms with E-state index in [1.807, 2.05) is 13.8 Å². The summed E-state index contributed by atoms with van der Waals surface area (Å²) in [6.07, 6.45) is 4.31. The zero-order valence-corrected chi connectivity index (χ0v) is 14.2. The molecule has 5 heteroatoms. The minimum atomic E-state index is -0.164. The van der Waals surface area contributed by atoms with E-state index in [1.165, 1.54) is 0 Å². The van der Waals surface area contributed by atoms with Crippen LogP contribution in [-0.4, -0.2) is 41.0 Å². The molecule has 0 atom stereocenters. The van der Waals surface area contributed by atoms with Crippen LogP contribution in [-0.2, 0) is 9.53 Å². The number of aliphatic hydroxyl groups excluding tert-OH is 1. The van der Waals surface area contributed by atoms with Crippen molar-refractivity contribution in [2.45, 2.75) is 70.8 Å². The summed E-state index contributed by atoms with van der Waals surface area (Å²) in [5.74, 6) is 1.09. The summed E-state index contributed by atoms with van der Waals surface area (Å²) in [5.41, 5.74) is 0. The lowest BCUT2D eigenvalue weighted by Gasteiger charge is -2.27. The lowest BCUT2D eigenvalue weighted by Crippen LogP contribution is -2.26. The molecule has 1 amide bonds. The maximum absolute atomic E-state index is 11.5. The van der Waals surface area contributed by atoms with E-state index in [4.69, 9.17) is 9.84 Å².